The van der Waals surface area contributed by atoms with Crippen molar-refractivity contribution < 1.29 is 14.3 Å². The first-order chi connectivity index (χ1) is 8.56. The van der Waals surface area contributed by atoms with Crippen molar-refractivity contribution in [3.8, 4) is 11.5 Å². The second kappa shape index (κ2) is 6.63. The third-order valence-corrected chi connectivity index (χ3v) is 2.78. The maximum Gasteiger partial charge on any atom is 0.231 e. The van der Waals surface area contributed by atoms with Crippen LogP contribution in [0.5, 0.6) is 11.5 Å². The van der Waals surface area contributed by atoms with Gasteiger partial charge in [0.2, 0.25) is 12.7 Å². The van der Waals surface area contributed by atoms with Gasteiger partial charge in [-0.3, -0.25) is 4.79 Å². The molecule has 1 atom stereocenters. The Kier molecular flexibility index (Phi) is 5.44. The zero-order valence-electron chi connectivity index (χ0n) is 11.1. The summed E-state index contributed by atoms with van der Waals surface area (Å²) in [6.45, 7) is 2.63. The van der Waals surface area contributed by atoms with Crippen LogP contribution in [0.3, 0.4) is 0 Å². The van der Waals surface area contributed by atoms with E-state index in [9.17, 15) is 4.79 Å². The van der Waals surface area contributed by atoms with Crippen molar-refractivity contribution in [3.05, 3.63) is 23.8 Å². The molecule has 0 radical (unpaired) electrons. The van der Waals surface area contributed by atoms with E-state index < -0.39 is 0 Å². The molecule has 1 amide bonds. The van der Waals surface area contributed by atoms with Gasteiger partial charge in [0.25, 0.3) is 0 Å². The number of carbonyl (C=O) groups is 1. The Hall–Kier alpha value is -1.46. The number of amides is 1. The lowest BCUT2D eigenvalue weighted by molar-refractivity contribution is -0.130. The average Bonchev–Trinajstić information content (AvgIpc) is 2.75. The number of ether oxygens (including phenoxy) is 2. The number of benzene rings is 1. The smallest absolute Gasteiger partial charge is 0.231 e. The number of fused-ring (bicyclic) bond motifs is 1. The molecule has 0 aromatic heterocycles. The summed E-state index contributed by atoms with van der Waals surface area (Å²) in [4.78, 5) is 13.4. The van der Waals surface area contributed by atoms with Crippen LogP contribution < -0.4 is 15.2 Å². The molecule has 1 unspecified atom stereocenters. The summed E-state index contributed by atoms with van der Waals surface area (Å²) in [5.41, 5.74) is 6.63. The zero-order chi connectivity index (χ0) is 13.1. The van der Waals surface area contributed by atoms with Gasteiger partial charge in [-0.2, -0.15) is 0 Å². The number of halogens is 1. The monoisotopic (exact) mass is 286 g/mol. The molecule has 6 heteroatoms. The molecule has 2 rings (SSSR count). The van der Waals surface area contributed by atoms with Gasteiger partial charge in [0.15, 0.2) is 11.5 Å². The van der Waals surface area contributed by atoms with Crippen LogP contribution in [0, 0.1) is 0 Å². The number of hydrogen-bond acceptors (Lipinski definition) is 4. The molecule has 1 aliphatic heterocycles. The fourth-order valence-electron chi connectivity index (χ4n) is 1.83. The Morgan fingerprint density at radius 3 is 2.79 bits per heavy atom. The molecule has 0 bridgehead atoms. The minimum atomic E-state index is -0.114. The van der Waals surface area contributed by atoms with E-state index in [1.807, 2.05) is 25.1 Å². The van der Waals surface area contributed by atoms with Crippen molar-refractivity contribution in [2.24, 2.45) is 5.73 Å². The predicted octanol–water partition coefficient (Wildman–Crippen LogP) is 1.53. The highest BCUT2D eigenvalue weighted by Crippen LogP contribution is 2.32. The number of hydrogen-bond donors (Lipinski definition) is 1. The molecule has 0 aliphatic carbocycles. The Balaban J connectivity index is 0.00000180. The highest BCUT2D eigenvalue weighted by atomic mass is 35.5. The van der Waals surface area contributed by atoms with Gasteiger partial charge >= 0.3 is 0 Å². The fourth-order valence-corrected chi connectivity index (χ4v) is 1.83. The fraction of sp³-hybridized carbons (Fsp3) is 0.462. The van der Waals surface area contributed by atoms with Crippen LogP contribution >= 0.6 is 12.4 Å². The summed E-state index contributed by atoms with van der Waals surface area (Å²) in [7, 11) is 1.77. The molecule has 0 saturated carbocycles. The maximum atomic E-state index is 11.8. The van der Waals surface area contributed by atoms with E-state index in [-0.39, 0.29) is 31.1 Å². The zero-order valence-corrected chi connectivity index (χ0v) is 11.9. The van der Waals surface area contributed by atoms with Gasteiger partial charge in [0, 0.05) is 26.1 Å². The second-order valence-corrected chi connectivity index (χ2v) is 4.62. The summed E-state index contributed by atoms with van der Waals surface area (Å²) >= 11 is 0. The molecule has 5 nitrogen and oxygen atoms in total. The molecular weight excluding hydrogens is 268 g/mol. The van der Waals surface area contributed by atoms with Crippen molar-refractivity contribution in [3.63, 3.8) is 0 Å². The predicted molar refractivity (Wildman–Crippen MR) is 74.6 cm³/mol. The standard InChI is InChI=1S/C13H18N2O3.ClH/c1-9(14)5-13(16)15(2)7-10-3-4-11-12(6-10)18-8-17-11;/h3-4,6,9H,5,7-8,14H2,1-2H3;1H. The molecule has 1 aromatic carbocycles. The topological polar surface area (TPSA) is 64.8 Å². The molecule has 0 fully saturated rings. The Morgan fingerprint density at radius 2 is 2.11 bits per heavy atom. The first kappa shape index (κ1) is 15.6. The van der Waals surface area contributed by atoms with E-state index in [4.69, 9.17) is 15.2 Å². The van der Waals surface area contributed by atoms with Crippen LogP contribution in [0.15, 0.2) is 18.2 Å². The van der Waals surface area contributed by atoms with Gasteiger partial charge in [-0.1, -0.05) is 6.07 Å². The molecule has 2 N–H and O–H groups in total. The van der Waals surface area contributed by atoms with Crippen molar-refractivity contribution in [2.45, 2.75) is 25.9 Å². The lowest BCUT2D eigenvalue weighted by Crippen LogP contribution is -2.31. The van der Waals surface area contributed by atoms with Crippen LogP contribution in [0.2, 0.25) is 0 Å². The van der Waals surface area contributed by atoms with Crippen LogP contribution in [0.25, 0.3) is 0 Å². The lowest BCUT2D eigenvalue weighted by Gasteiger charge is -2.18. The molecule has 1 heterocycles. The van der Waals surface area contributed by atoms with Crippen molar-refractivity contribution in [2.75, 3.05) is 13.8 Å². The highest BCUT2D eigenvalue weighted by Gasteiger charge is 2.15. The third-order valence-electron chi connectivity index (χ3n) is 2.78. The van der Waals surface area contributed by atoms with Crippen molar-refractivity contribution in [1.82, 2.24) is 4.90 Å². The normalized spacial score (nSPS) is 13.6. The molecule has 0 saturated heterocycles. The first-order valence-corrected chi connectivity index (χ1v) is 5.94. The molecule has 19 heavy (non-hydrogen) atoms. The van der Waals surface area contributed by atoms with Crippen molar-refractivity contribution >= 4 is 18.3 Å². The molecular formula is C13H19ClN2O3. The quantitative estimate of drug-likeness (QED) is 0.912. The van der Waals surface area contributed by atoms with Crippen LogP contribution in [0.1, 0.15) is 18.9 Å². The molecule has 1 aliphatic rings. The number of carbonyl (C=O) groups excluding carboxylic acids is 1. The van der Waals surface area contributed by atoms with E-state index >= 15 is 0 Å². The SMILES string of the molecule is CC(N)CC(=O)N(C)Cc1ccc2c(c1)OCO2.Cl. The van der Waals surface area contributed by atoms with E-state index in [2.05, 4.69) is 0 Å². The Bertz CT molecular complexity index is 452. The van der Waals surface area contributed by atoms with Gasteiger partial charge in [-0.05, 0) is 24.6 Å². The van der Waals surface area contributed by atoms with Gasteiger partial charge in [-0.25, -0.2) is 0 Å². The van der Waals surface area contributed by atoms with E-state index in [0.29, 0.717) is 13.0 Å². The average molecular weight is 287 g/mol. The Labute approximate surface area is 119 Å². The summed E-state index contributed by atoms with van der Waals surface area (Å²) < 4.78 is 10.5. The van der Waals surface area contributed by atoms with Crippen LogP contribution in [-0.4, -0.2) is 30.7 Å². The number of rotatable bonds is 4. The van der Waals surface area contributed by atoms with Crippen LogP contribution in [-0.2, 0) is 11.3 Å². The van der Waals surface area contributed by atoms with Gasteiger partial charge in [0.05, 0.1) is 0 Å². The van der Waals surface area contributed by atoms with Crippen LogP contribution in [0.4, 0.5) is 0 Å². The van der Waals surface area contributed by atoms with E-state index in [0.717, 1.165) is 17.1 Å². The van der Waals surface area contributed by atoms with E-state index in [1.165, 1.54) is 0 Å². The third kappa shape index (κ3) is 4.01. The Morgan fingerprint density at radius 1 is 1.42 bits per heavy atom. The summed E-state index contributed by atoms with van der Waals surface area (Å²) in [5.74, 6) is 1.53. The van der Waals surface area contributed by atoms with Gasteiger partial charge in [-0.15, -0.1) is 12.4 Å². The minimum Gasteiger partial charge on any atom is -0.454 e. The minimum absolute atomic E-state index is 0. The van der Waals surface area contributed by atoms with Crippen molar-refractivity contribution in [1.29, 1.82) is 0 Å². The number of nitrogens with two attached hydrogens (primary N) is 1. The molecule has 106 valence electrons. The second-order valence-electron chi connectivity index (χ2n) is 4.62. The van der Waals surface area contributed by atoms with Gasteiger partial charge in [0.1, 0.15) is 0 Å². The summed E-state index contributed by atoms with van der Waals surface area (Å²) in [6.07, 6.45) is 0.362. The highest BCUT2D eigenvalue weighted by molar-refractivity contribution is 5.85. The van der Waals surface area contributed by atoms with E-state index in [1.54, 1.807) is 11.9 Å². The maximum absolute atomic E-state index is 11.8. The molecule has 1 aromatic rings. The summed E-state index contributed by atoms with van der Waals surface area (Å²) in [5, 5.41) is 0. The molecule has 0 spiro atoms. The first-order valence-electron chi connectivity index (χ1n) is 5.94. The number of nitrogens with zero attached hydrogens (tertiary/aromatic N) is 1. The van der Waals surface area contributed by atoms with Gasteiger partial charge < -0.3 is 20.1 Å². The largest absolute Gasteiger partial charge is 0.454 e. The lowest BCUT2D eigenvalue weighted by atomic mass is 10.1. The summed E-state index contributed by atoms with van der Waals surface area (Å²) in [6, 6.07) is 5.58.